The van der Waals surface area contributed by atoms with E-state index in [1.807, 2.05) is 36.4 Å². The van der Waals surface area contributed by atoms with Crippen LogP contribution in [0.4, 0.5) is 0 Å². The van der Waals surface area contributed by atoms with Gasteiger partial charge in [-0.05, 0) is 54.5 Å². The van der Waals surface area contributed by atoms with E-state index in [4.69, 9.17) is 42.1 Å². The van der Waals surface area contributed by atoms with Crippen molar-refractivity contribution in [2.45, 2.75) is 20.0 Å². The number of carbonyl (C=O) groups is 1. The SMILES string of the molecule is CCOC(=O)C=Cc1ccc2c(c1Cc1ccc(OCc3c(Cl)cccc3Cl)cc1)OCO2. The molecule has 0 unspecified atom stereocenters. The molecule has 170 valence electrons. The van der Waals surface area contributed by atoms with Crippen molar-refractivity contribution in [3.05, 3.63) is 93.0 Å². The highest BCUT2D eigenvalue weighted by Crippen LogP contribution is 2.39. The lowest BCUT2D eigenvalue weighted by molar-refractivity contribution is -0.137. The largest absolute Gasteiger partial charge is 0.489 e. The van der Waals surface area contributed by atoms with Crippen molar-refractivity contribution in [3.63, 3.8) is 0 Å². The maximum absolute atomic E-state index is 11.8. The van der Waals surface area contributed by atoms with E-state index in [0.717, 1.165) is 22.3 Å². The Morgan fingerprint density at radius 1 is 1.00 bits per heavy atom. The number of carbonyl (C=O) groups excluding carboxylic acids is 1. The predicted molar refractivity (Wildman–Crippen MR) is 128 cm³/mol. The van der Waals surface area contributed by atoms with Gasteiger partial charge in [-0.25, -0.2) is 4.79 Å². The smallest absolute Gasteiger partial charge is 0.330 e. The fraction of sp³-hybridized carbons (Fsp3) is 0.192. The Labute approximate surface area is 202 Å². The fourth-order valence-corrected chi connectivity index (χ4v) is 3.97. The average Bonchev–Trinajstić information content (AvgIpc) is 3.29. The van der Waals surface area contributed by atoms with Gasteiger partial charge in [0.05, 0.1) is 6.61 Å². The van der Waals surface area contributed by atoms with Crippen molar-refractivity contribution in [1.82, 2.24) is 0 Å². The quantitative estimate of drug-likeness (QED) is 0.271. The van der Waals surface area contributed by atoms with Gasteiger partial charge in [-0.1, -0.05) is 47.5 Å². The first-order chi connectivity index (χ1) is 16.0. The van der Waals surface area contributed by atoms with Gasteiger partial charge in [0.25, 0.3) is 0 Å². The van der Waals surface area contributed by atoms with Gasteiger partial charge in [0.15, 0.2) is 11.5 Å². The fourth-order valence-electron chi connectivity index (χ4n) is 3.47. The lowest BCUT2D eigenvalue weighted by Crippen LogP contribution is -2.00. The van der Waals surface area contributed by atoms with Crippen LogP contribution in [0.15, 0.2) is 60.7 Å². The van der Waals surface area contributed by atoms with E-state index >= 15 is 0 Å². The third-order valence-electron chi connectivity index (χ3n) is 5.11. The van der Waals surface area contributed by atoms with Gasteiger partial charge in [-0.2, -0.15) is 0 Å². The highest BCUT2D eigenvalue weighted by molar-refractivity contribution is 6.35. The molecule has 1 aliphatic rings. The zero-order valence-corrected chi connectivity index (χ0v) is 19.5. The Morgan fingerprint density at radius 3 is 2.48 bits per heavy atom. The third kappa shape index (κ3) is 5.62. The molecule has 0 spiro atoms. The highest BCUT2D eigenvalue weighted by atomic mass is 35.5. The van der Waals surface area contributed by atoms with Crippen LogP contribution in [0.2, 0.25) is 10.0 Å². The maximum Gasteiger partial charge on any atom is 0.330 e. The predicted octanol–water partition coefficient (Wildman–Crippen LogP) is 6.47. The van der Waals surface area contributed by atoms with Crippen molar-refractivity contribution in [2.24, 2.45) is 0 Å². The molecule has 3 aromatic carbocycles. The Kier molecular flexibility index (Phi) is 7.43. The Morgan fingerprint density at radius 2 is 1.76 bits per heavy atom. The van der Waals surface area contributed by atoms with Gasteiger partial charge in [0, 0.05) is 33.7 Å². The van der Waals surface area contributed by atoms with E-state index in [1.165, 1.54) is 6.08 Å². The van der Waals surface area contributed by atoms with Crippen molar-refractivity contribution in [3.8, 4) is 17.2 Å². The van der Waals surface area contributed by atoms with E-state index in [-0.39, 0.29) is 19.4 Å². The summed E-state index contributed by atoms with van der Waals surface area (Å²) in [6.45, 7) is 2.55. The van der Waals surface area contributed by atoms with Crippen LogP contribution >= 0.6 is 23.2 Å². The minimum Gasteiger partial charge on any atom is -0.489 e. The van der Waals surface area contributed by atoms with Crippen LogP contribution < -0.4 is 14.2 Å². The third-order valence-corrected chi connectivity index (χ3v) is 5.82. The van der Waals surface area contributed by atoms with Gasteiger partial charge in [-0.15, -0.1) is 0 Å². The summed E-state index contributed by atoms with van der Waals surface area (Å²) in [5.74, 6) is 1.70. The number of halogens is 2. The molecule has 0 aromatic heterocycles. The lowest BCUT2D eigenvalue weighted by Gasteiger charge is -2.12. The van der Waals surface area contributed by atoms with Gasteiger partial charge in [0.1, 0.15) is 12.4 Å². The molecule has 3 aromatic rings. The summed E-state index contributed by atoms with van der Waals surface area (Å²) < 4.78 is 22.1. The van der Waals surface area contributed by atoms with Crippen LogP contribution in [-0.4, -0.2) is 19.4 Å². The summed E-state index contributed by atoms with van der Waals surface area (Å²) in [5.41, 5.74) is 3.59. The normalized spacial score (nSPS) is 12.2. The lowest BCUT2D eigenvalue weighted by atomic mass is 9.97. The van der Waals surface area contributed by atoms with E-state index in [1.54, 1.807) is 31.2 Å². The Hall–Kier alpha value is -3.15. The minimum absolute atomic E-state index is 0.171. The number of fused-ring (bicyclic) bond motifs is 1. The first-order valence-corrected chi connectivity index (χ1v) is 11.2. The van der Waals surface area contributed by atoms with Crippen LogP contribution in [0.1, 0.15) is 29.2 Å². The highest BCUT2D eigenvalue weighted by Gasteiger charge is 2.20. The van der Waals surface area contributed by atoms with Gasteiger partial charge in [-0.3, -0.25) is 0 Å². The average molecular weight is 485 g/mol. The maximum atomic E-state index is 11.8. The Balaban J connectivity index is 1.50. The first-order valence-electron chi connectivity index (χ1n) is 10.5. The summed E-state index contributed by atoms with van der Waals surface area (Å²) in [6.07, 6.45) is 3.74. The molecule has 0 aliphatic carbocycles. The van der Waals surface area contributed by atoms with E-state index < -0.39 is 0 Å². The molecule has 7 heteroatoms. The molecule has 0 fully saturated rings. The van der Waals surface area contributed by atoms with Crippen LogP contribution in [0.3, 0.4) is 0 Å². The molecule has 1 heterocycles. The van der Waals surface area contributed by atoms with Crippen LogP contribution in [0.25, 0.3) is 6.08 Å². The summed E-state index contributed by atoms with van der Waals surface area (Å²) in [4.78, 5) is 11.8. The number of hydrogen-bond acceptors (Lipinski definition) is 5. The second-order valence-electron chi connectivity index (χ2n) is 7.26. The van der Waals surface area contributed by atoms with Crippen LogP contribution in [0, 0.1) is 0 Å². The molecule has 0 saturated heterocycles. The molecule has 0 saturated carbocycles. The number of hydrogen-bond donors (Lipinski definition) is 0. The molecule has 0 N–H and O–H groups in total. The van der Waals surface area contributed by atoms with E-state index in [9.17, 15) is 4.79 Å². The number of benzene rings is 3. The number of ether oxygens (including phenoxy) is 4. The number of esters is 1. The number of rotatable bonds is 8. The van der Waals surface area contributed by atoms with Crippen LogP contribution in [0.5, 0.6) is 17.2 Å². The zero-order valence-electron chi connectivity index (χ0n) is 18.0. The van der Waals surface area contributed by atoms with Gasteiger partial charge in [0.2, 0.25) is 6.79 Å². The second-order valence-corrected chi connectivity index (χ2v) is 8.08. The topological polar surface area (TPSA) is 54.0 Å². The Bertz CT molecular complexity index is 1150. The van der Waals surface area contributed by atoms with E-state index in [2.05, 4.69) is 0 Å². The van der Waals surface area contributed by atoms with Gasteiger partial charge >= 0.3 is 5.97 Å². The zero-order chi connectivity index (χ0) is 23.2. The van der Waals surface area contributed by atoms with Crippen molar-refractivity contribution < 1.29 is 23.7 Å². The molecule has 5 nitrogen and oxygen atoms in total. The van der Waals surface area contributed by atoms with Crippen molar-refractivity contribution in [2.75, 3.05) is 13.4 Å². The summed E-state index contributed by atoms with van der Waals surface area (Å²) in [7, 11) is 0. The van der Waals surface area contributed by atoms with E-state index in [0.29, 0.717) is 40.3 Å². The molecule has 33 heavy (non-hydrogen) atoms. The van der Waals surface area contributed by atoms with Crippen LogP contribution in [-0.2, 0) is 22.6 Å². The van der Waals surface area contributed by atoms with Gasteiger partial charge < -0.3 is 18.9 Å². The summed E-state index contributed by atoms with van der Waals surface area (Å²) in [6, 6.07) is 16.9. The molecule has 4 rings (SSSR count). The van der Waals surface area contributed by atoms with Crippen molar-refractivity contribution >= 4 is 35.2 Å². The molecular weight excluding hydrogens is 463 g/mol. The molecule has 0 radical (unpaired) electrons. The molecule has 0 atom stereocenters. The molecule has 1 aliphatic heterocycles. The standard InChI is InChI=1S/C26H22Cl2O5/c1-2-30-25(29)13-9-18-8-12-24-26(33-16-32-24)20(18)14-17-6-10-19(11-7-17)31-15-21-22(27)4-3-5-23(21)28/h3-13H,2,14-16H2,1H3. The second kappa shape index (κ2) is 10.6. The molecule has 0 bridgehead atoms. The monoisotopic (exact) mass is 484 g/mol. The summed E-state index contributed by atoms with van der Waals surface area (Å²) >= 11 is 12.4. The summed E-state index contributed by atoms with van der Waals surface area (Å²) in [5, 5.41) is 1.14. The molecule has 0 amide bonds. The van der Waals surface area contributed by atoms with Crippen molar-refractivity contribution in [1.29, 1.82) is 0 Å². The first kappa shape index (κ1) is 23.0. The molecular formula is C26H22Cl2O5. The minimum atomic E-state index is -0.388.